The lowest BCUT2D eigenvalue weighted by molar-refractivity contribution is 0.104. The van der Waals surface area contributed by atoms with E-state index >= 15 is 0 Å². The van der Waals surface area contributed by atoms with Gasteiger partial charge in [-0.3, -0.25) is 9.48 Å². The van der Waals surface area contributed by atoms with E-state index in [-0.39, 0.29) is 17.4 Å². The Hall–Kier alpha value is -2.86. The Morgan fingerprint density at radius 2 is 2.19 bits per heavy atom. The molecule has 0 bridgehead atoms. The fourth-order valence-corrected chi connectivity index (χ4v) is 2.54. The van der Waals surface area contributed by atoms with Gasteiger partial charge in [-0.05, 0) is 43.3 Å². The first-order valence-corrected chi connectivity index (χ1v) is 8.19. The molecule has 0 spiro atoms. The number of aryl methyl sites for hydroxylation is 2. The minimum Gasteiger partial charge on any atom is -0.486 e. The molecule has 0 aliphatic heterocycles. The number of ketones is 1. The molecule has 3 rings (SSSR count). The number of carbonyl (C=O) groups is 1. The molecule has 5 nitrogen and oxygen atoms in total. The smallest absolute Gasteiger partial charge is 0.189 e. The molecule has 2 aromatic heterocycles. The summed E-state index contributed by atoms with van der Waals surface area (Å²) in [6.45, 7) is 1.94. The maximum Gasteiger partial charge on any atom is 0.189 e. The van der Waals surface area contributed by atoms with Crippen molar-refractivity contribution in [1.82, 2.24) is 9.78 Å². The summed E-state index contributed by atoms with van der Waals surface area (Å²) in [6, 6.07) is 7.59. The number of rotatable bonds is 6. The van der Waals surface area contributed by atoms with Crippen LogP contribution >= 0.6 is 11.6 Å². The summed E-state index contributed by atoms with van der Waals surface area (Å²) < 4.78 is 25.8. The van der Waals surface area contributed by atoms with Crippen LogP contribution in [0.3, 0.4) is 0 Å². The van der Waals surface area contributed by atoms with Crippen molar-refractivity contribution in [3.8, 4) is 5.75 Å². The number of hydrogen-bond acceptors (Lipinski definition) is 4. The highest BCUT2D eigenvalue weighted by Crippen LogP contribution is 2.22. The van der Waals surface area contributed by atoms with Crippen molar-refractivity contribution in [2.45, 2.75) is 13.5 Å². The van der Waals surface area contributed by atoms with Gasteiger partial charge in [0.1, 0.15) is 29.7 Å². The second-order valence-electron chi connectivity index (χ2n) is 5.67. The number of nitrogens with zero attached hydrogens (tertiary/aromatic N) is 2. The van der Waals surface area contributed by atoms with Crippen LogP contribution in [0.4, 0.5) is 4.39 Å². The number of halogens is 2. The van der Waals surface area contributed by atoms with Gasteiger partial charge in [0.2, 0.25) is 0 Å². The third kappa shape index (κ3) is 4.21. The predicted molar refractivity (Wildman–Crippen MR) is 95.8 cm³/mol. The molecule has 2 heterocycles. The van der Waals surface area contributed by atoms with Crippen molar-refractivity contribution in [3.05, 3.63) is 76.2 Å². The first-order chi connectivity index (χ1) is 12.4. The number of carbonyl (C=O) groups excluding carboxylic acids is 1. The van der Waals surface area contributed by atoms with E-state index in [4.69, 9.17) is 20.8 Å². The number of hydrogen-bond donors (Lipinski definition) is 0. The van der Waals surface area contributed by atoms with Crippen molar-refractivity contribution < 1.29 is 18.3 Å². The van der Waals surface area contributed by atoms with Gasteiger partial charge in [0.25, 0.3) is 0 Å². The molecule has 0 saturated carbocycles. The lowest BCUT2D eigenvalue weighted by Gasteiger charge is -2.04. The van der Waals surface area contributed by atoms with Crippen LogP contribution in [0, 0.1) is 12.7 Å². The van der Waals surface area contributed by atoms with E-state index in [2.05, 4.69) is 5.10 Å². The third-order valence-corrected chi connectivity index (χ3v) is 3.92. The zero-order valence-electron chi connectivity index (χ0n) is 14.2. The highest BCUT2D eigenvalue weighted by atomic mass is 35.5. The first kappa shape index (κ1) is 17.9. The number of ether oxygens (including phenoxy) is 1. The standard InChI is InChI=1S/C19H16ClFN2O3/c1-12-16(10-23(2)22-12)19(24)8-6-13-3-4-15(26-13)11-25-14-5-7-18(21)17(20)9-14/h3-10H,11H2,1-2H3/b8-6+. The lowest BCUT2D eigenvalue weighted by Crippen LogP contribution is -1.94. The molecule has 3 aromatic rings. The third-order valence-electron chi connectivity index (χ3n) is 3.63. The Morgan fingerprint density at radius 3 is 2.88 bits per heavy atom. The number of allylic oxidation sites excluding steroid dienone is 1. The lowest BCUT2D eigenvalue weighted by atomic mass is 10.1. The number of aromatic nitrogens is 2. The van der Waals surface area contributed by atoms with Gasteiger partial charge >= 0.3 is 0 Å². The van der Waals surface area contributed by atoms with Gasteiger partial charge in [0.15, 0.2) is 5.78 Å². The molecular formula is C19H16ClFN2O3. The predicted octanol–water partition coefficient (Wildman–Crippen LogP) is 4.59. The maximum absolute atomic E-state index is 13.1. The molecule has 26 heavy (non-hydrogen) atoms. The van der Waals surface area contributed by atoms with Crippen LogP contribution < -0.4 is 4.74 Å². The van der Waals surface area contributed by atoms with E-state index in [9.17, 15) is 9.18 Å². The summed E-state index contributed by atoms with van der Waals surface area (Å²) in [4.78, 5) is 12.2. The topological polar surface area (TPSA) is 57.3 Å². The molecule has 7 heteroatoms. The molecular weight excluding hydrogens is 359 g/mol. The van der Waals surface area contributed by atoms with Crippen molar-refractivity contribution in [1.29, 1.82) is 0 Å². The molecule has 134 valence electrons. The zero-order valence-corrected chi connectivity index (χ0v) is 15.0. The van der Waals surface area contributed by atoms with Crippen LogP contribution in [0.15, 0.2) is 47.0 Å². The highest BCUT2D eigenvalue weighted by Gasteiger charge is 2.10. The Kier molecular flexibility index (Phi) is 5.23. The van der Waals surface area contributed by atoms with Crippen LogP contribution in [-0.4, -0.2) is 15.6 Å². The van der Waals surface area contributed by atoms with Crippen LogP contribution in [0.1, 0.15) is 27.6 Å². The summed E-state index contributed by atoms with van der Waals surface area (Å²) >= 11 is 5.71. The number of benzene rings is 1. The van der Waals surface area contributed by atoms with Gasteiger partial charge in [0.05, 0.1) is 16.3 Å². The van der Waals surface area contributed by atoms with Crippen molar-refractivity contribution >= 4 is 23.5 Å². The first-order valence-electron chi connectivity index (χ1n) is 7.81. The van der Waals surface area contributed by atoms with E-state index in [0.29, 0.717) is 28.5 Å². The number of furan rings is 1. The SMILES string of the molecule is Cc1nn(C)cc1C(=O)/C=C/c1ccc(COc2ccc(F)c(Cl)c2)o1. The summed E-state index contributed by atoms with van der Waals surface area (Å²) in [6.07, 6.45) is 4.71. The largest absolute Gasteiger partial charge is 0.486 e. The second-order valence-corrected chi connectivity index (χ2v) is 6.08. The van der Waals surface area contributed by atoms with Crippen LogP contribution in [0.2, 0.25) is 5.02 Å². The van der Waals surface area contributed by atoms with E-state index < -0.39 is 5.82 Å². The fourth-order valence-electron chi connectivity index (χ4n) is 2.37. The van der Waals surface area contributed by atoms with E-state index in [1.54, 1.807) is 43.1 Å². The zero-order chi connectivity index (χ0) is 18.7. The second kappa shape index (κ2) is 7.58. The normalized spacial score (nSPS) is 11.2. The molecule has 0 amide bonds. The van der Waals surface area contributed by atoms with Gasteiger partial charge in [0, 0.05) is 19.3 Å². The molecule has 0 N–H and O–H groups in total. The molecule has 0 fully saturated rings. The molecule has 0 saturated heterocycles. The van der Waals surface area contributed by atoms with Crippen LogP contribution in [-0.2, 0) is 13.7 Å². The van der Waals surface area contributed by atoms with Gasteiger partial charge < -0.3 is 9.15 Å². The summed E-state index contributed by atoms with van der Waals surface area (Å²) in [5.41, 5.74) is 1.22. The Balaban J connectivity index is 1.61. The van der Waals surface area contributed by atoms with Gasteiger partial charge in [-0.1, -0.05) is 11.6 Å². The molecule has 0 aliphatic carbocycles. The molecule has 1 aromatic carbocycles. The highest BCUT2D eigenvalue weighted by molar-refractivity contribution is 6.30. The van der Waals surface area contributed by atoms with Gasteiger partial charge in [-0.15, -0.1) is 0 Å². The molecule has 0 unspecified atom stereocenters. The summed E-state index contributed by atoms with van der Waals surface area (Å²) in [5, 5.41) is 4.14. The van der Waals surface area contributed by atoms with Crippen molar-refractivity contribution in [3.63, 3.8) is 0 Å². The summed E-state index contributed by atoms with van der Waals surface area (Å²) in [5.74, 6) is 0.876. The maximum atomic E-state index is 13.1. The molecule has 0 radical (unpaired) electrons. The fraction of sp³-hybridized carbons (Fsp3) is 0.158. The average molecular weight is 375 g/mol. The Bertz CT molecular complexity index is 975. The van der Waals surface area contributed by atoms with Crippen molar-refractivity contribution in [2.24, 2.45) is 7.05 Å². The van der Waals surface area contributed by atoms with E-state index in [0.717, 1.165) is 0 Å². The minimum atomic E-state index is -0.502. The van der Waals surface area contributed by atoms with Gasteiger partial charge in [-0.25, -0.2) is 4.39 Å². The molecule has 0 aliphatic rings. The Morgan fingerprint density at radius 1 is 1.38 bits per heavy atom. The monoisotopic (exact) mass is 374 g/mol. The molecule has 0 atom stereocenters. The quantitative estimate of drug-likeness (QED) is 0.467. The average Bonchev–Trinajstić information content (AvgIpc) is 3.19. The van der Waals surface area contributed by atoms with Crippen LogP contribution in [0.5, 0.6) is 5.75 Å². The Labute approximate surface area is 154 Å². The van der Waals surface area contributed by atoms with Crippen molar-refractivity contribution in [2.75, 3.05) is 0 Å². The summed E-state index contributed by atoms with van der Waals surface area (Å²) in [7, 11) is 1.76. The van der Waals surface area contributed by atoms with E-state index in [1.165, 1.54) is 24.3 Å². The van der Waals surface area contributed by atoms with Crippen LogP contribution in [0.25, 0.3) is 6.08 Å². The van der Waals surface area contributed by atoms with E-state index in [1.807, 2.05) is 0 Å². The minimum absolute atomic E-state index is 0.00484. The van der Waals surface area contributed by atoms with Gasteiger partial charge in [-0.2, -0.15) is 5.10 Å².